The molecule has 2 saturated carbocycles. The second-order valence-electron chi connectivity index (χ2n) is 4.64. The number of allylic oxidation sites excluding steroid dienone is 1. The molecule has 3 aliphatic rings. The van der Waals surface area contributed by atoms with Gasteiger partial charge in [0.05, 0.1) is 6.10 Å². The molecule has 1 N–H and O–H groups in total. The van der Waals surface area contributed by atoms with Crippen molar-refractivity contribution in [2.45, 2.75) is 38.2 Å². The van der Waals surface area contributed by atoms with Crippen LogP contribution in [-0.2, 0) is 0 Å². The van der Waals surface area contributed by atoms with E-state index in [0.717, 1.165) is 24.7 Å². The molecule has 0 saturated heterocycles. The lowest BCUT2D eigenvalue weighted by molar-refractivity contribution is 0.0846. The predicted octanol–water partition coefficient (Wildman–Crippen LogP) is 2.11. The van der Waals surface area contributed by atoms with Crippen molar-refractivity contribution in [3.8, 4) is 0 Å². The first-order valence-electron chi connectivity index (χ1n) is 5.24. The molecular formula is C11H16O. The maximum absolute atomic E-state index is 9.86. The molecule has 4 unspecified atom stereocenters. The van der Waals surface area contributed by atoms with Gasteiger partial charge in [0.15, 0.2) is 0 Å². The highest BCUT2D eigenvalue weighted by atomic mass is 16.3. The highest BCUT2D eigenvalue weighted by Crippen LogP contribution is 2.55. The summed E-state index contributed by atoms with van der Waals surface area (Å²) in [6, 6.07) is 0. The van der Waals surface area contributed by atoms with E-state index in [9.17, 15) is 5.11 Å². The van der Waals surface area contributed by atoms with Gasteiger partial charge in [-0.3, -0.25) is 0 Å². The Bertz CT molecular complexity index is 231. The van der Waals surface area contributed by atoms with Crippen molar-refractivity contribution in [3.05, 3.63) is 11.6 Å². The van der Waals surface area contributed by atoms with Crippen molar-refractivity contribution in [2.75, 3.05) is 0 Å². The lowest BCUT2D eigenvalue weighted by Gasteiger charge is -2.32. The van der Waals surface area contributed by atoms with Gasteiger partial charge in [-0.15, -0.1) is 0 Å². The zero-order chi connectivity index (χ0) is 8.13. The molecule has 66 valence electrons. The van der Waals surface area contributed by atoms with Crippen LogP contribution in [0, 0.1) is 17.8 Å². The lowest BCUT2D eigenvalue weighted by Crippen LogP contribution is -2.29. The molecule has 0 spiro atoms. The van der Waals surface area contributed by atoms with Gasteiger partial charge < -0.3 is 5.11 Å². The van der Waals surface area contributed by atoms with Crippen LogP contribution in [0.4, 0.5) is 0 Å². The third-order valence-electron chi connectivity index (χ3n) is 4.09. The smallest absolute Gasteiger partial charge is 0.0611 e. The summed E-state index contributed by atoms with van der Waals surface area (Å²) in [4.78, 5) is 0. The summed E-state index contributed by atoms with van der Waals surface area (Å²) in [5, 5.41) is 9.86. The number of aliphatic hydroxyl groups is 1. The van der Waals surface area contributed by atoms with Crippen LogP contribution < -0.4 is 0 Å². The van der Waals surface area contributed by atoms with Gasteiger partial charge in [0.1, 0.15) is 0 Å². The Labute approximate surface area is 73.5 Å². The summed E-state index contributed by atoms with van der Waals surface area (Å²) in [7, 11) is 0. The molecule has 0 heterocycles. The van der Waals surface area contributed by atoms with E-state index in [1.54, 1.807) is 5.57 Å². The quantitative estimate of drug-likeness (QED) is 0.544. The molecule has 0 aliphatic heterocycles. The fourth-order valence-corrected chi connectivity index (χ4v) is 3.63. The Morgan fingerprint density at radius 1 is 1.25 bits per heavy atom. The van der Waals surface area contributed by atoms with E-state index in [1.165, 1.54) is 19.3 Å². The number of aliphatic hydroxyl groups excluding tert-OH is 1. The largest absolute Gasteiger partial charge is 0.392 e. The number of hydrogen-bond donors (Lipinski definition) is 1. The Morgan fingerprint density at radius 3 is 3.00 bits per heavy atom. The molecule has 1 heteroatoms. The molecule has 2 fully saturated rings. The number of hydrogen-bond acceptors (Lipinski definition) is 1. The minimum absolute atomic E-state index is 0.000278. The minimum atomic E-state index is 0.000278. The number of rotatable bonds is 0. The normalized spacial score (nSPS) is 50.6. The van der Waals surface area contributed by atoms with Crippen LogP contribution in [-0.4, -0.2) is 11.2 Å². The Hall–Kier alpha value is -0.300. The van der Waals surface area contributed by atoms with E-state index in [2.05, 4.69) is 6.08 Å². The monoisotopic (exact) mass is 164 g/mol. The molecule has 12 heavy (non-hydrogen) atoms. The van der Waals surface area contributed by atoms with Crippen LogP contribution in [0.1, 0.15) is 32.1 Å². The molecule has 4 atom stereocenters. The molecule has 1 nitrogen and oxygen atoms in total. The average molecular weight is 164 g/mol. The zero-order valence-electron chi connectivity index (χ0n) is 7.37. The van der Waals surface area contributed by atoms with Crippen molar-refractivity contribution >= 4 is 0 Å². The van der Waals surface area contributed by atoms with Crippen molar-refractivity contribution in [1.82, 2.24) is 0 Å². The summed E-state index contributed by atoms with van der Waals surface area (Å²) >= 11 is 0. The highest BCUT2D eigenvalue weighted by molar-refractivity contribution is 5.24. The summed E-state index contributed by atoms with van der Waals surface area (Å²) in [5.41, 5.74) is 1.63. The van der Waals surface area contributed by atoms with Crippen LogP contribution >= 0.6 is 0 Å². The van der Waals surface area contributed by atoms with Crippen LogP contribution in [0.25, 0.3) is 0 Å². The maximum atomic E-state index is 9.86. The Balaban J connectivity index is 1.98. The molecule has 3 rings (SSSR count). The van der Waals surface area contributed by atoms with E-state index >= 15 is 0 Å². The van der Waals surface area contributed by atoms with E-state index in [-0.39, 0.29) is 6.10 Å². The Morgan fingerprint density at radius 2 is 2.17 bits per heavy atom. The summed E-state index contributed by atoms with van der Waals surface area (Å²) in [6.45, 7) is 0. The van der Waals surface area contributed by atoms with Crippen molar-refractivity contribution < 1.29 is 5.11 Å². The lowest BCUT2D eigenvalue weighted by atomic mass is 9.76. The molecule has 0 aromatic carbocycles. The molecule has 0 aromatic heterocycles. The molecular weight excluding hydrogens is 148 g/mol. The topological polar surface area (TPSA) is 20.2 Å². The van der Waals surface area contributed by atoms with Gasteiger partial charge in [0.25, 0.3) is 0 Å². The molecule has 2 bridgehead atoms. The first-order valence-corrected chi connectivity index (χ1v) is 5.24. The van der Waals surface area contributed by atoms with E-state index in [0.29, 0.717) is 5.92 Å². The van der Waals surface area contributed by atoms with Gasteiger partial charge in [-0.2, -0.15) is 0 Å². The van der Waals surface area contributed by atoms with Gasteiger partial charge >= 0.3 is 0 Å². The summed E-state index contributed by atoms with van der Waals surface area (Å²) in [6.07, 6.45) is 8.71. The first kappa shape index (κ1) is 7.14. The third kappa shape index (κ3) is 0.779. The fourth-order valence-electron chi connectivity index (χ4n) is 3.63. The van der Waals surface area contributed by atoms with Crippen molar-refractivity contribution in [3.63, 3.8) is 0 Å². The summed E-state index contributed by atoms with van der Waals surface area (Å²) in [5.74, 6) is 2.30. The third-order valence-corrected chi connectivity index (χ3v) is 4.09. The molecule has 0 aromatic rings. The number of fused-ring (bicyclic) bond motifs is 5. The molecule has 3 aliphatic carbocycles. The standard InChI is InChI=1S/C11H16O/c12-10-3-1-2-9-7-4-5-8(6-7)11(9)10/h2,7-8,10-12H,1,3-6H2. The predicted molar refractivity (Wildman–Crippen MR) is 47.6 cm³/mol. The van der Waals surface area contributed by atoms with Gasteiger partial charge in [-0.25, -0.2) is 0 Å². The van der Waals surface area contributed by atoms with Gasteiger partial charge in [0.2, 0.25) is 0 Å². The SMILES string of the molecule is OC1CCC=C2C3CCC(C3)C21. The molecule has 0 amide bonds. The van der Waals surface area contributed by atoms with Gasteiger partial charge in [0, 0.05) is 5.92 Å². The van der Waals surface area contributed by atoms with Crippen LogP contribution in [0.15, 0.2) is 11.6 Å². The Kier molecular flexibility index (Phi) is 1.40. The maximum Gasteiger partial charge on any atom is 0.0611 e. The second-order valence-corrected chi connectivity index (χ2v) is 4.64. The van der Waals surface area contributed by atoms with Crippen molar-refractivity contribution in [1.29, 1.82) is 0 Å². The zero-order valence-corrected chi connectivity index (χ0v) is 7.37. The van der Waals surface area contributed by atoms with Crippen LogP contribution in [0.5, 0.6) is 0 Å². The highest BCUT2D eigenvalue weighted by Gasteiger charge is 2.47. The van der Waals surface area contributed by atoms with Gasteiger partial charge in [-0.05, 0) is 43.9 Å². The van der Waals surface area contributed by atoms with Crippen molar-refractivity contribution in [2.24, 2.45) is 17.8 Å². The second kappa shape index (κ2) is 2.35. The minimum Gasteiger partial charge on any atom is -0.392 e. The van der Waals surface area contributed by atoms with E-state index in [1.807, 2.05) is 0 Å². The van der Waals surface area contributed by atoms with Crippen LogP contribution in [0.3, 0.4) is 0 Å². The van der Waals surface area contributed by atoms with E-state index in [4.69, 9.17) is 0 Å². The molecule has 0 radical (unpaired) electrons. The fraction of sp³-hybridized carbons (Fsp3) is 0.818. The average Bonchev–Trinajstić information content (AvgIpc) is 2.64. The first-order chi connectivity index (χ1) is 5.86. The van der Waals surface area contributed by atoms with Gasteiger partial charge in [-0.1, -0.05) is 11.6 Å². The summed E-state index contributed by atoms with van der Waals surface area (Å²) < 4.78 is 0. The van der Waals surface area contributed by atoms with Crippen LogP contribution in [0.2, 0.25) is 0 Å². The van der Waals surface area contributed by atoms with E-state index < -0.39 is 0 Å².